The van der Waals surface area contributed by atoms with Crippen LogP contribution in [0.1, 0.15) is 32.9 Å². The number of rotatable bonds is 6. The highest BCUT2D eigenvalue weighted by Gasteiger charge is 1.99. The van der Waals surface area contributed by atoms with Gasteiger partial charge >= 0.3 is 0 Å². The van der Waals surface area contributed by atoms with Gasteiger partial charge in [-0.3, -0.25) is 4.68 Å². The first kappa shape index (κ1) is 11.2. The molecule has 0 saturated heterocycles. The Kier molecular flexibility index (Phi) is 4.59. The molecule has 14 heavy (non-hydrogen) atoms. The number of nitrogens with zero attached hydrogens (tertiary/aromatic N) is 3. The Bertz CT molecular complexity index is 258. The van der Waals surface area contributed by atoms with Gasteiger partial charge in [0, 0.05) is 19.3 Å². The van der Waals surface area contributed by atoms with Crippen LogP contribution in [0.3, 0.4) is 0 Å². The lowest BCUT2D eigenvalue weighted by Crippen LogP contribution is -2.04. The van der Waals surface area contributed by atoms with Gasteiger partial charge in [-0.15, -0.1) is 5.10 Å². The van der Waals surface area contributed by atoms with Crippen LogP contribution in [-0.4, -0.2) is 27.7 Å². The van der Waals surface area contributed by atoms with Gasteiger partial charge in [-0.25, -0.2) is 0 Å². The van der Waals surface area contributed by atoms with Crippen LogP contribution in [0.5, 0.6) is 0 Å². The largest absolute Gasteiger partial charge is 0.379 e. The summed E-state index contributed by atoms with van der Waals surface area (Å²) in [6, 6.07) is 0. The lowest BCUT2D eigenvalue weighted by Gasteiger charge is -2.05. The zero-order chi connectivity index (χ0) is 10.4. The van der Waals surface area contributed by atoms with E-state index in [1.54, 1.807) is 0 Å². The highest BCUT2D eigenvalue weighted by molar-refractivity contribution is 4.91. The van der Waals surface area contributed by atoms with Crippen LogP contribution in [0.25, 0.3) is 0 Å². The molecule has 0 aliphatic carbocycles. The molecule has 0 spiro atoms. The van der Waals surface area contributed by atoms with Gasteiger partial charge in [0.25, 0.3) is 0 Å². The first-order chi connectivity index (χ1) is 6.72. The zero-order valence-corrected chi connectivity index (χ0v) is 9.23. The molecule has 0 radical (unpaired) electrons. The van der Waals surface area contributed by atoms with E-state index in [2.05, 4.69) is 17.2 Å². The minimum absolute atomic E-state index is 0.321. The topological polar surface area (TPSA) is 39.9 Å². The molecule has 0 aliphatic heterocycles. The molecule has 1 rings (SSSR count). The molecular weight excluding hydrogens is 178 g/mol. The van der Waals surface area contributed by atoms with Gasteiger partial charge in [0.2, 0.25) is 0 Å². The van der Waals surface area contributed by atoms with Crippen molar-refractivity contribution in [2.24, 2.45) is 0 Å². The monoisotopic (exact) mass is 197 g/mol. The zero-order valence-electron chi connectivity index (χ0n) is 9.23. The van der Waals surface area contributed by atoms with Crippen molar-refractivity contribution in [3.05, 3.63) is 11.9 Å². The first-order valence-corrected chi connectivity index (χ1v) is 5.23. The summed E-state index contributed by atoms with van der Waals surface area (Å²) in [6.45, 7) is 7.84. The normalized spacial score (nSPS) is 11.1. The van der Waals surface area contributed by atoms with Gasteiger partial charge in [0.05, 0.1) is 11.8 Å². The van der Waals surface area contributed by atoms with Gasteiger partial charge < -0.3 is 4.74 Å². The summed E-state index contributed by atoms with van der Waals surface area (Å²) < 4.78 is 7.29. The molecule has 0 aliphatic rings. The van der Waals surface area contributed by atoms with Crippen LogP contribution in [0.4, 0.5) is 0 Å². The van der Waals surface area contributed by atoms with E-state index in [0.717, 1.165) is 31.7 Å². The van der Waals surface area contributed by atoms with E-state index in [-0.39, 0.29) is 0 Å². The standard InChI is InChI=1S/C10H19N3O/c1-4-13-8-10(11-12-13)6-5-7-14-9(2)3/h8-9H,4-7H2,1-3H3. The predicted molar refractivity (Wildman–Crippen MR) is 55.1 cm³/mol. The van der Waals surface area contributed by atoms with E-state index >= 15 is 0 Å². The van der Waals surface area contributed by atoms with Crippen LogP contribution in [-0.2, 0) is 17.7 Å². The molecule has 1 aromatic rings. The Morgan fingerprint density at radius 3 is 2.86 bits per heavy atom. The van der Waals surface area contributed by atoms with E-state index in [0.29, 0.717) is 6.10 Å². The summed E-state index contributed by atoms with van der Waals surface area (Å²) >= 11 is 0. The molecule has 1 heterocycles. The summed E-state index contributed by atoms with van der Waals surface area (Å²) in [5, 5.41) is 8.04. The summed E-state index contributed by atoms with van der Waals surface area (Å²) in [5.41, 5.74) is 1.05. The smallest absolute Gasteiger partial charge is 0.0828 e. The molecule has 0 saturated carbocycles. The molecule has 80 valence electrons. The van der Waals surface area contributed by atoms with Crippen molar-refractivity contribution in [2.75, 3.05) is 6.61 Å². The highest BCUT2D eigenvalue weighted by atomic mass is 16.5. The molecule has 0 bridgehead atoms. The summed E-state index contributed by atoms with van der Waals surface area (Å²) in [6.07, 6.45) is 4.28. The number of aryl methyl sites for hydroxylation is 2. The maximum absolute atomic E-state index is 5.44. The molecule has 0 amide bonds. The summed E-state index contributed by atoms with van der Waals surface area (Å²) in [4.78, 5) is 0. The minimum Gasteiger partial charge on any atom is -0.379 e. The van der Waals surface area contributed by atoms with Crippen LogP contribution >= 0.6 is 0 Å². The van der Waals surface area contributed by atoms with Crippen molar-refractivity contribution in [3.8, 4) is 0 Å². The molecular formula is C10H19N3O. The quantitative estimate of drug-likeness (QED) is 0.651. The third-order valence-corrected chi connectivity index (χ3v) is 1.94. The van der Waals surface area contributed by atoms with Crippen molar-refractivity contribution < 1.29 is 4.74 Å². The van der Waals surface area contributed by atoms with E-state index in [1.165, 1.54) is 0 Å². The summed E-state index contributed by atoms with van der Waals surface area (Å²) in [5.74, 6) is 0. The van der Waals surface area contributed by atoms with E-state index in [9.17, 15) is 0 Å². The van der Waals surface area contributed by atoms with Crippen molar-refractivity contribution >= 4 is 0 Å². The first-order valence-electron chi connectivity index (χ1n) is 5.23. The Balaban J connectivity index is 2.18. The average molecular weight is 197 g/mol. The van der Waals surface area contributed by atoms with Crippen LogP contribution in [0, 0.1) is 0 Å². The Labute approximate surface area is 85.3 Å². The third-order valence-electron chi connectivity index (χ3n) is 1.94. The lowest BCUT2D eigenvalue weighted by molar-refractivity contribution is 0.0770. The van der Waals surface area contributed by atoms with Crippen molar-refractivity contribution in [3.63, 3.8) is 0 Å². The van der Waals surface area contributed by atoms with Crippen molar-refractivity contribution in [1.29, 1.82) is 0 Å². The highest BCUT2D eigenvalue weighted by Crippen LogP contribution is 1.99. The third kappa shape index (κ3) is 3.87. The SMILES string of the molecule is CCn1cc(CCCOC(C)C)nn1. The van der Waals surface area contributed by atoms with Gasteiger partial charge in [0.15, 0.2) is 0 Å². The second-order valence-corrected chi connectivity index (χ2v) is 3.59. The molecule has 4 nitrogen and oxygen atoms in total. The molecule has 0 aromatic carbocycles. The Morgan fingerprint density at radius 1 is 1.50 bits per heavy atom. The van der Waals surface area contributed by atoms with Gasteiger partial charge in [-0.1, -0.05) is 5.21 Å². The molecule has 0 N–H and O–H groups in total. The van der Waals surface area contributed by atoms with Crippen molar-refractivity contribution in [2.45, 2.75) is 46.3 Å². The van der Waals surface area contributed by atoms with Crippen LogP contribution < -0.4 is 0 Å². The molecule has 0 unspecified atom stereocenters. The van der Waals surface area contributed by atoms with Crippen LogP contribution in [0.2, 0.25) is 0 Å². The van der Waals surface area contributed by atoms with Gasteiger partial charge in [-0.2, -0.15) is 0 Å². The number of ether oxygens (including phenoxy) is 1. The van der Waals surface area contributed by atoms with E-state index in [1.807, 2.05) is 24.7 Å². The Morgan fingerprint density at radius 2 is 2.29 bits per heavy atom. The Hall–Kier alpha value is -0.900. The van der Waals surface area contributed by atoms with Crippen LogP contribution in [0.15, 0.2) is 6.20 Å². The van der Waals surface area contributed by atoms with Crippen molar-refractivity contribution in [1.82, 2.24) is 15.0 Å². The van der Waals surface area contributed by atoms with Gasteiger partial charge in [-0.05, 0) is 33.6 Å². The lowest BCUT2D eigenvalue weighted by atomic mass is 10.2. The van der Waals surface area contributed by atoms with E-state index < -0.39 is 0 Å². The number of aromatic nitrogens is 3. The molecule has 4 heteroatoms. The molecule has 0 atom stereocenters. The molecule has 0 fully saturated rings. The molecule has 1 aromatic heterocycles. The minimum atomic E-state index is 0.321. The fourth-order valence-corrected chi connectivity index (χ4v) is 1.18. The second-order valence-electron chi connectivity index (χ2n) is 3.59. The predicted octanol–water partition coefficient (Wildman–Crippen LogP) is 1.66. The maximum atomic E-state index is 5.44. The maximum Gasteiger partial charge on any atom is 0.0828 e. The van der Waals surface area contributed by atoms with Gasteiger partial charge in [0.1, 0.15) is 0 Å². The summed E-state index contributed by atoms with van der Waals surface area (Å²) in [7, 11) is 0. The fourth-order valence-electron chi connectivity index (χ4n) is 1.18. The average Bonchev–Trinajstić information content (AvgIpc) is 2.60. The number of hydrogen-bond donors (Lipinski definition) is 0. The fraction of sp³-hybridized carbons (Fsp3) is 0.800. The number of hydrogen-bond acceptors (Lipinski definition) is 3. The van der Waals surface area contributed by atoms with E-state index in [4.69, 9.17) is 4.74 Å². The second kappa shape index (κ2) is 5.75.